The van der Waals surface area contributed by atoms with E-state index in [9.17, 15) is 17.2 Å². The Morgan fingerprint density at radius 3 is 2.43 bits per heavy atom. The van der Waals surface area contributed by atoms with Gasteiger partial charge in [0.25, 0.3) is 6.47 Å². The highest BCUT2D eigenvalue weighted by Crippen LogP contribution is 2.31. The molecule has 2 aromatic carbocycles. The second-order valence-electron chi connectivity index (χ2n) is 7.97. The second-order valence-corrected chi connectivity index (χ2v) is 10.7. The van der Waals surface area contributed by atoms with Crippen LogP contribution in [0.25, 0.3) is 0 Å². The maximum absolute atomic E-state index is 14.7. The van der Waals surface area contributed by atoms with Crippen LogP contribution in [0.4, 0.5) is 8.78 Å². The highest BCUT2D eigenvalue weighted by atomic mass is 32.2. The predicted molar refractivity (Wildman–Crippen MR) is 128 cm³/mol. The van der Waals surface area contributed by atoms with E-state index in [2.05, 4.69) is 28.9 Å². The molecule has 11 heteroatoms. The van der Waals surface area contributed by atoms with Crippen LogP contribution in [0.15, 0.2) is 58.3 Å². The van der Waals surface area contributed by atoms with Gasteiger partial charge in [-0.05, 0) is 37.5 Å². The topological polar surface area (TPSA) is 96.8 Å². The third-order valence-corrected chi connectivity index (χ3v) is 8.06. The Labute approximate surface area is 206 Å². The molecule has 0 radical (unpaired) electrons. The molecule has 0 saturated carbocycles. The number of hydrogen-bond donors (Lipinski definition) is 1. The molecule has 1 atom stereocenters. The van der Waals surface area contributed by atoms with Crippen molar-refractivity contribution in [1.29, 1.82) is 0 Å². The molecule has 188 valence electrons. The van der Waals surface area contributed by atoms with E-state index in [0.717, 1.165) is 19.2 Å². The van der Waals surface area contributed by atoms with Crippen LogP contribution >= 0.6 is 11.3 Å². The fourth-order valence-corrected chi connectivity index (χ4v) is 5.93. The molecule has 4 rings (SSSR count). The molecule has 1 aliphatic heterocycles. The van der Waals surface area contributed by atoms with Gasteiger partial charge in [-0.25, -0.2) is 17.8 Å². The van der Waals surface area contributed by atoms with E-state index in [1.54, 1.807) is 5.38 Å². The van der Waals surface area contributed by atoms with Gasteiger partial charge in [0.2, 0.25) is 5.82 Å². The third kappa shape index (κ3) is 6.83. The summed E-state index contributed by atoms with van der Waals surface area (Å²) in [6, 6.07) is 12.7. The van der Waals surface area contributed by atoms with Crippen LogP contribution in [0.2, 0.25) is 0 Å². The fraction of sp³-hybridized carbons (Fsp3) is 0.333. The lowest BCUT2D eigenvalue weighted by Crippen LogP contribution is -2.39. The van der Waals surface area contributed by atoms with Crippen molar-refractivity contribution in [1.82, 2.24) is 9.88 Å². The molecule has 0 unspecified atom stereocenters. The minimum Gasteiger partial charge on any atom is -0.487 e. The Morgan fingerprint density at radius 2 is 1.83 bits per heavy atom. The molecule has 2 heterocycles. The first kappa shape index (κ1) is 26.7. The van der Waals surface area contributed by atoms with Gasteiger partial charge in [-0.15, -0.1) is 11.3 Å². The van der Waals surface area contributed by atoms with Gasteiger partial charge in [0.15, 0.2) is 21.4 Å². The highest BCUT2D eigenvalue weighted by Gasteiger charge is 2.28. The predicted octanol–water partition coefficient (Wildman–Crippen LogP) is 4.70. The molecule has 3 aromatic rings. The van der Waals surface area contributed by atoms with Gasteiger partial charge in [0, 0.05) is 24.5 Å². The van der Waals surface area contributed by atoms with E-state index in [1.165, 1.54) is 28.5 Å². The average Bonchev–Trinajstić information content (AvgIpc) is 3.35. The van der Waals surface area contributed by atoms with Gasteiger partial charge in [-0.1, -0.05) is 30.3 Å². The van der Waals surface area contributed by atoms with Crippen molar-refractivity contribution in [3.05, 3.63) is 76.2 Å². The number of thiazole rings is 1. The molecule has 0 aliphatic carbocycles. The molecular weight excluding hydrogens is 498 g/mol. The van der Waals surface area contributed by atoms with E-state index >= 15 is 0 Å². The minimum absolute atomic E-state index is 0.250. The number of rotatable bonds is 7. The zero-order valence-electron chi connectivity index (χ0n) is 19.0. The number of carbonyl (C=O) groups is 1. The van der Waals surface area contributed by atoms with Crippen molar-refractivity contribution >= 4 is 27.6 Å². The number of aromatic nitrogens is 1. The van der Waals surface area contributed by atoms with Gasteiger partial charge < -0.3 is 9.84 Å². The van der Waals surface area contributed by atoms with Gasteiger partial charge in [0.05, 0.1) is 17.0 Å². The summed E-state index contributed by atoms with van der Waals surface area (Å²) >= 11 is 1.24. The number of halogens is 2. The summed E-state index contributed by atoms with van der Waals surface area (Å²) in [7, 11) is -4.06. The summed E-state index contributed by atoms with van der Waals surface area (Å²) in [4.78, 5) is 13.9. The minimum atomic E-state index is -4.06. The monoisotopic (exact) mass is 524 g/mol. The van der Waals surface area contributed by atoms with Gasteiger partial charge in [-0.3, -0.25) is 9.69 Å². The van der Waals surface area contributed by atoms with Crippen molar-refractivity contribution in [2.45, 2.75) is 42.6 Å². The van der Waals surface area contributed by atoms with Crippen LogP contribution < -0.4 is 4.74 Å². The number of ether oxygens (including phenoxy) is 1. The molecule has 35 heavy (non-hydrogen) atoms. The van der Waals surface area contributed by atoms with Gasteiger partial charge in [-0.2, -0.15) is 4.39 Å². The largest absolute Gasteiger partial charge is 0.487 e. The van der Waals surface area contributed by atoms with Crippen molar-refractivity contribution < 1.29 is 31.8 Å². The van der Waals surface area contributed by atoms with Crippen molar-refractivity contribution in [2.75, 3.05) is 13.1 Å². The summed E-state index contributed by atoms with van der Waals surface area (Å²) in [5.41, 5.74) is 3.02. The lowest BCUT2D eigenvalue weighted by Gasteiger charge is -2.36. The van der Waals surface area contributed by atoms with E-state index in [1.807, 2.05) is 18.2 Å². The van der Waals surface area contributed by atoms with Crippen LogP contribution in [0.5, 0.6) is 5.75 Å². The highest BCUT2D eigenvalue weighted by molar-refractivity contribution is 7.90. The van der Waals surface area contributed by atoms with Crippen LogP contribution in [0.1, 0.15) is 37.1 Å². The lowest BCUT2D eigenvalue weighted by molar-refractivity contribution is -0.122. The molecule has 0 spiro atoms. The molecule has 1 aromatic heterocycles. The van der Waals surface area contributed by atoms with Crippen molar-refractivity contribution in [2.24, 2.45) is 0 Å². The molecule has 1 N–H and O–H groups in total. The van der Waals surface area contributed by atoms with E-state index < -0.39 is 32.1 Å². The summed E-state index contributed by atoms with van der Waals surface area (Å²) in [6.45, 7) is 3.44. The summed E-state index contributed by atoms with van der Waals surface area (Å²) in [5, 5.41) is 8.45. The Bertz CT molecular complexity index is 1200. The van der Waals surface area contributed by atoms with E-state index in [0.29, 0.717) is 18.5 Å². The van der Waals surface area contributed by atoms with E-state index in [-0.39, 0.29) is 24.4 Å². The zero-order valence-corrected chi connectivity index (χ0v) is 20.6. The quantitative estimate of drug-likeness (QED) is 0.448. The van der Waals surface area contributed by atoms with Crippen LogP contribution in [-0.4, -0.2) is 49.1 Å². The molecule has 7 nitrogen and oxygen atoms in total. The molecule has 0 bridgehead atoms. The number of sulfone groups is 1. The molecule has 0 amide bonds. The van der Waals surface area contributed by atoms with Crippen LogP contribution in [0, 0.1) is 11.6 Å². The first-order valence-corrected chi connectivity index (χ1v) is 13.5. The summed E-state index contributed by atoms with van der Waals surface area (Å²) < 4.78 is 60.0. The molecule has 1 fully saturated rings. The first-order valence-electron chi connectivity index (χ1n) is 10.9. The number of piperidine rings is 1. The number of benzene rings is 2. The van der Waals surface area contributed by atoms with Crippen LogP contribution in [0.3, 0.4) is 0 Å². The number of hydrogen-bond acceptors (Lipinski definition) is 7. The zero-order chi connectivity index (χ0) is 25.4. The maximum Gasteiger partial charge on any atom is 0.290 e. The summed E-state index contributed by atoms with van der Waals surface area (Å²) in [5.74, 6) is -3.42. The average molecular weight is 525 g/mol. The molecule has 1 saturated heterocycles. The SMILES string of the molecule is C[C@H](c1ccccc1)N1CCC(Oc2ccc(S(=O)(=O)Cc3cscn3)c(F)c2F)CC1.O=CO. The Kier molecular flexibility index (Phi) is 9.30. The smallest absolute Gasteiger partial charge is 0.290 e. The number of likely N-dealkylation sites (tertiary alicyclic amines) is 1. The van der Waals surface area contributed by atoms with Gasteiger partial charge >= 0.3 is 0 Å². The van der Waals surface area contributed by atoms with E-state index in [4.69, 9.17) is 14.6 Å². The number of nitrogens with zero attached hydrogens (tertiary/aromatic N) is 2. The molecule has 1 aliphatic rings. The second kappa shape index (κ2) is 12.2. The fourth-order valence-electron chi connectivity index (χ4n) is 3.93. The van der Waals surface area contributed by atoms with Crippen molar-refractivity contribution in [3.63, 3.8) is 0 Å². The maximum atomic E-state index is 14.7. The standard InChI is InChI=1S/C23H24F2N2O3S2.CH2O2/c1-16(17-5-3-2-4-6-17)27-11-9-19(10-12-27)30-20-7-8-21(23(25)22(20)24)32(28,29)14-18-13-31-15-26-18;2-1-3/h2-8,13,15-16,19H,9-12,14H2,1H3;1H,(H,2,3)/t16-;/m1./s1. The Balaban J connectivity index is 0.00000108. The third-order valence-electron chi connectivity index (χ3n) is 5.77. The lowest BCUT2D eigenvalue weighted by atomic mass is 10.0. The van der Waals surface area contributed by atoms with Gasteiger partial charge in [0.1, 0.15) is 11.0 Å². The summed E-state index contributed by atoms with van der Waals surface area (Å²) in [6.07, 6.45) is 1.07. The molecular formula is C24H26F2N2O5S2. The first-order chi connectivity index (χ1) is 16.8. The normalized spacial score (nSPS) is 15.6. The Hall–Kier alpha value is -2.89. The Morgan fingerprint density at radius 1 is 1.17 bits per heavy atom. The van der Waals surface area contributed by atoms with Crippen LogP contribution in [-0.2, 0) is 20.4 Å². The number of carboxylic acid groups (broad SMARTS) is 1. The van der Waals surface area contributed by atoms with Crippen molar-refractivity contribution in [3.8, 4) is 5.75 Å².